The smallest absolute Gasteiger partial charge is 0.249 e. The van der Waals surface area contributed by atoms with Crippen molar-refractivity contribution < 1.29 is 14.4 Å². The Balaban J connectivity index is 2.48. The highest BCUT2D eigenvalue weighted by molar-refractivity contribution is 9.10. The Kier molecular flexibility index (Phi) is 3.71. The van der Waals surface area contributed by atoms with Crippen LogP contribution < -0.4 is 10.2 Å². The summed E-state index contributed by atoms with van der Waals surface area (Å²) in [6.45, 7) is 3.23. The van der Waals surface area contributed by atoms with Gasteiger partial charge in [-0.15, -0.1) is 0 Å². The molecule has 1 heterocycles. The average Bonchev–Trinajstić information content (AvgIpc) is 2.34. The number of halogens is 1. The van der Waals surface area contributed by atoms with E-state index in [1.54, 1.807) is 30.0 Å². The lowest BCUT2D eigenvalue weighted by Gasteiger charge is -2.34. The van der Waals surface area contributed by atoms with Gasteiger partial charge in [-0.2, -0.15) is 0 Å². The lowest BCUT2D eigenvalue weighted by atomic mass is 10.1. The molecule has 0 aliphatic carbocycles. The molecule has 0 spiro atoms. The largest absolute Gasteiger partial charge is 0.350 e. The highest BCUT2D eigenvalue weighted by atomic mass is 79.9. The zero-order chi connectivity index (χ0) is 14.2. The molecule has 5 nitrogen and oxygen atoms in total. The summed E-state index contributed by atoms with van der Waals surface area (Å²) in [5.74, 6) is -0.823. The molecule has 1 atom stereocenters. The molecular weight excluding hydrogens is 312 g/mol. The van der Waals surface area contributed by atoms with Crippen LogP contribution in [0.2, 0.25) is 0 Å². The van der Waals surface area contributed by atoms with E-state index in [1.165, 1.54) is 6.92 Å². The summed E-state index contributed by atoms with van der Waals surface area (Å²) in [4.78, 5) is 36.5. The first-order valence-electron chi connectivity index (χ1n) is 5.81. The number of carbonyl (C=O) groups is 3. The fourth-order valence-corrected chi connectivity index (χ4v) is 2.41. The van der Waals surface area contributed by atoms with E-state index >= 15 is 0 Å². The number of imide groups is 1. The van der Waals surface area contributed by atoms with Crippen LogP contribution in [0.15, 0.2) is 22.7 Å². The minimum absolute atomic E-state index is 0.0643. The van der Waals surface area contributed by atoms with Gasteiger partial charge in [0.25, 0.3) is 0 Å². The van der Waals surface area contributed by atoms with E-state index in [4.69, 9.17) is 0 Å². The van der Waals surface area contributed by atoms with Gasteiger partial charge in [0, 0.05) is 15.7 Å². The molecule has 1 saturated heterocycles. The van der Waals surface area contributed by atoms with Crippen LogP contribution in [0.1, 0.15) is 24.2 Å². The molecule has 0 aromatic heterocycles. The van der Waals surface area contributed by atoms with Crippen LogP contribution in [-0.2, 0) is 9.59 Å². The Bertz CT molecular complexity index is 571. The van der Waals surface area contributed by atoms with Gasteiger partial charge in [-0.3, -0.25) is 19.7 Å². The Morgan fingerprint density at radius 3 is 2.74 bits per heavy atom. The highest BCUT2D eigenvalue weighted by Crippen LogP contribution is 2.27. The molecule has 0 bridgehead atoms. The van der Waals surface area contributed by atoms with Gasteiger partial charge in [-0.25, -0.2) is 0 Å². The highest BCUT2D eigenvalue weighted by Gasteiger charge is 2.31. The third-order valence-corrected chi connectivity index (χ3v) is 3.56. The zero-order valence-corrected chi connectivity index (χ0v) is 12.2. The fraction of sp³-hybridized carbons (Fsp3) is 0.308. The van der Waals surface area contributed by atoms with E-state index in [1.807, 2.05) is 0 Å². The molecule has 0 saturated carbocycles. The molecule has 1 N–H and O–H groups in total. The monoisotopic (exact) mass is 324 g/mol. The zero-order valence-electron chi connectivity index (χ0n) is 10.6. The van der Waals surface area contributed by atoms with Gasteiger partial charge in [0.15, 0.2) is 5.78 Å². The number of Topliss-reactive ketones (excluding diaryl/α,β-unsaturated/α-hetero) is 1. The molecule has 1 unspecified atom stereocenters. The van der Waals surface area contributed by atoms with Crippen LogP contribution in [-0.4, -0.2) is 30.2 Å². The van der Waals surface area contributed by atoms with Gasteiger partial charge in [0.05, 0.1) is 6.54 Å². The molecular formula is C13H13BrN2O3. The average molecular weight is 325 g/mol. The van der Waals surface area contributed by atoms with E-state index in [2.05, 4.69) is 21.2 Å². The first kappa shape index (κ1) is 13.7. The molecule has 1 fully saturated rings. The van der Waals surface area contributed by atoms with Crippen molar-refractivity contribution in [1.29, 1.82) is 0 Å². The summed E-state index contributed by atoms with van der Waals surface area (Å²) >= 11 is 3.31. The van der Waals surface area contributed by atoms with Crippen molar-refractivity contribution in [3.05, 3.63) is 28.2 Å². The molecule has 2 rings (SSSR count). The standard InChI is InChI=1S/C13H13BrN2O3/c1-7-13(19)15-12(18)6-16(7)11-4-3-9(14)5-10(11)8(2)17/h3-5,7H,6H2,1-2H3,(H,15,18,19). The number of anilines is 1. The minimum atomic E-state index is -0.489. The van der Waals surface area contributed by atoms with Gasteiger partial charge < -0.3 is 4.90 Å². The van der Waals surface area contributed by atoms with Gasteiger partial charge in [0.1, 0.15) is 6.04 Å². The molecule has 1 aliphatic rings. The van der Waals surface area contributed by atoms with Crippen LogP contribution in [0.25, 0.3) is 0 Å². The van der Waals surface area contributed by atoms with Crippen LogP contribution in [0.5, 0.6) is 0 Å². The topological polar surface area (TPSA) is 66.5 Å². The summed E-state index contributed by atoms with van der Waals surface area (Å²) in [5, 5.41) is 2.28. The first-order chi connectivity index (χ1) is 8.90. The summed E-state index contributed by atoms with van der Waals surface area (Å²) in [5.41, 5.74) is 1.09. The van der Waals surface area contributed by atoms with Crippen LogP contribution in [0, 0.1) is 0 Å². The second kappa shape index (κ2) is 5.13. The van der Waals surface area contributed by atoms with Gasteiger partial charge in [-0.05, 0) is 32.0 Å². The van der Waals surface area contributed by atoms with E-state index in [-0.39, 0.29) is 24.1 Å². The van der Waals surface area contributed by atoms with Crippen molar-refractivity contribution in [3.63, 3.8) is 0 Å². The Labute approximate surface area is 119 Å². The number of hydrogen-bond acceptors (Lipinski definition) is 4. The van der Waals surface area contributed by atoms with Crippen LogP contribution in [0.4, 0.5) is 5.69 Å². The van der Waals surface area contributed by atoms with Gasteiger partial charge >= 0.3 is 0 Å². The Morgan fingerprint density at radius 2 is 2.11 bits per heavy atom. The molecule has 6 heteroatoms. The third-order valence-electron chi connectivity index (χ3n) is 3.07. The van der Waals surface area contributed by atoms with Crippen molar-refractivity contribution in [3.8, 4) is 0 Å². The molecule has 0 radical (unpaired) electrons. The van der Waals surface area contributed by atoms with E-state index < -0.39 is 6.04 Å². The van der Waals surface area contributed by atoms with Gasteiger partial charge in [-0.1, -0.05) is 15.9 Å². The quantitative estimate of drug-likeness (QED) is 0.661. The second-order valence-electron chi connectivity index (χ2n) is 4.43. The molecule has 1 aromatic rings. The number of ketones is 1. The summed E-state index contributed by atoms with van der Waals surface area (Å²) in [6.07, 6.45) is 0. The SMILES string of the molecule is CC(=O)c1cc(Br)ccc1N1CC(=O)NC(=O)C1C. The number of nitrogens with one attached hydrogen (secondary N) is 1. The van der Waals surface area contributed by atoms with Crippen molar-refractivity contribution in [1.82, 2.24) is 5.32 Å². The minimum Gasteiger partial charge on any atom is -0.350 e. The van der Waals surface area contributed by atoms with Crippen LogP contribution in [0.3, 0.4) is 0 Å². The number of amides is 2. The van der Waals surface area contributed by atoms with Crippen LogP contribution >= 0.6 is 15.9 Å². The molecule has 2 amide bonds. The molecule has 1 aliphatic heterocycles. The number of carbonyl (C=O) groups excluding carboxylic acids is 3. The lowest BCUT2D eigenvalue weighted by Crippen LogP contribution is -2.57. The van der Waals surface area contributed by atoms with Gasteiger partial charge in [0.2, 0.25) is 11.8 Å². The maximum Gasteiger partial charge on any atom is 0.249 e. The predicted molar refractivity (Wildman–Crippen MR) is 74.1 cm³/mol. The number of benzene rings is 1. The Morgan fingerprint density at radius 1 is 1.42 bits per heavy atom. The molecule has 100 valence electrons. The molecule has 19 heavy (non-hydrogen) atoms. The van der Waals surface area contributed by atoms with E-state index in [9.17, 15) is 14.4 Å². The number of rotatable bonds is 2. The maximum absolute atomic E-state index is 11.7. The van der Waals surface area contributed by atoms with Crippen molar-refractivity contribution >= 4 is 39.2 Å². The van der Waals surface area contributed by atoms with Crippen molar-refractivity contribution in [2.45, 2.75) is 19.9 Å². The van der Waals surface area contributed by atoms with Crippen molar-refractivity contribution in [2.24, 2.45) is 0 Å². The lowest BCUT2D eigenvalue weighted by molar-refractivity contribution is -0.132. The predicted octanol–water partition coefficient (Wildman–Crippen LogP) is 1.50. The number of hydrogen-bond donors (Lipinski definition) is 1. The number of nitrogens with zero attached hydrogens (tertiary/aromatic N) is 1. The summed E-state index contributed by atoms with van der Waals surface area (Å²) < 4.78 is 0.780. The third kappa shape index (κ3) is 2.68. The summed E-state index contributed by atoms with van der Waals surface area (Å²) in [6, 6.07) is 4.73. The Hall–Kier alpha value is -1.69. The van der Waals surface area contributed by atoms with Crippen molar-refractivity contribution in [2.75, 3.05) is 11.4 Å². The normalized spacial score (nSPS) is 19.3. The van der Waals surface area contributed by atoms with E-state index in [0.717, 1.165) is 4.47 Å². The maximum atomic E-state index is 11.7. The molecule has 1 aromatic carbocycles. The number of piperazine rings is 1. The second-order valence-corrected chi connectivity index (χ2v) is 5.35. The first-order valence-corrected chi connectivity index (χ1v) is 6.60. The van der Waals surface area contributed by atoms with E-state index in [0.29, 0.717) is 11.3 Å². The summed E-state index contributed by atoms with van der Waals surface area (Å²) in [7, 11) is 0. The fourth-order valence-electron chi connectivity index (χ4n) is 2.05.